The van der Waals surface area contributed by atoms with Crippen molar-refractivity contribution in [3.8, 4) is 16.9 Å². The van der Waals surface area contributed by atoms with Crippen LogP contribution in [0.2, 0.25) is 0 Å². The number of aryl methyl sites for hydroxylation is 1. The molecular formula is C32H29NO7S. The van der Waals surface area contributed by atoms with E-state index in [1.165, 1.54) is 31.4 Å². The maximum absolute atomic E-state index is 12.7. The van der Waals surface area contributed by atoms with Gasteiger partial charge in [0.1, 0.15) is 17.3 Å². The highest BCUT2D eigenvalue weighted by molar-refractivity contribution is 7.87. The molecule has 8 nitrogen and oxygen atoms in total. The molecule has 1 N–H and O–H groups in total. The van der Waals surface area contributed by atoms with Gasteiger partial charge in [0, 0.05) is 12.5 Å². The van der Waals surface area contributed by atoms with Crippen LogP contribution in [0.1, 0.15) is 34.1 Å². The van der Waals surface area contributed by atoms with Crippen molar-refractivity contribution in [3.05, 3.63) is 119 Å². The Kier molecular flexibility index (Phi) is 8.07. The van der Waals surface area contributed by atoms with Crippen LogP contribution in [0.4, 0.5) is 4.79 Å². The van der Waals surface area contributed by atoms with Crippen LogP contribution >= 0.6 is 0 Å². The quantitative estimate of drug-likeness (QED) is 0.207. The van der Waals surface area contributed by atoms with Gasteiger partial charge in [-0.05, 0) is 59.0 Å². The fourth-order valence-corrected chi connectivity index (χ4v) is 5.90. The fourth-order valence-electron chi connectivity index (χ4n) is 4.98. The second-order valence-corrected chi connectivity index (χ2v) is 11.3. The van der Waals surface area contributed by atoms with Crippen molar-refractivity contribution >= 4 is 22.2 Å². The van der Waals surface area contributed by atoms with E-state index >= 15 is 0 Å². The highest BCUT2D eigenvalue weighted by Crippen LogP contribution is 2.44. The maximum Gasteiger partial charge on any atom is 0.407 e. The Labute approximate surface area is 239 Å². The number of hydrogen-bond acceptors (Lipinski definition) is 7. The molecule has 9 heteroatoms. The van der Waals surface area contributed by atoms with Crippen molar-refractivity contribution in [1.29, 1.82) is 0 Å². The van der Waals surface area contributed by atoms with E-state index in [0.29, 0.717) is 5.56 Å². The average Bonchev–Trinajstić information content (AvgIpc) is 3.30. The van der Waals surface area contributed by atoms with Crippen molar-refractivity contribution in [2.75, 3.05) is 20.3 Å². The predicted molar refractivity (Wildman–Crippen MR) is 153 cm³/mol. The number of nitrogens with one attached hydrogen (secondary N) is 1. The van der Waals surface area contributed by atoms with Crippen LogP contribution in [0, 0.1) is 6.92 Å². The van der Waals surface area contributed by atoms with Gasteiger partial charge in [-0.3, -0.25) is 4.79 Å². The molecule has 1 aliphatic rings. The Balaban J connectivity index is 1.25. The molecule has 0 aromatic heterocycles. The summed E-state index contributed by atoms with van der Waals surface area (Å²) in [6.45, 7) is 1.85. The number of methoxy groups -OCH3 is 1. The Morgan fingerprint density at radius 2 is 1.49 bits per heavy atom. The van der Waals surface area contributed by atoms with Crippen LogP contribution < -0.4 is 9.50 Å². The van der Waals surface area contributed by atoms with Gasteiger partial charge in [-0.25, -0.2) is 4.79 Å². The number of carbonyl (C=O) groups is 2. The molecule has 41 heavy (non-hydrogen) atoms. The third-order valence-electron chi connectivity index (χ3n) is 7.06. The van der Waals surface area contributed by atoms with Crippen LogP contribution in [0.25, 0.3) is 11.1 Å². The summed E-state index contributed by atoms with van der Waals surface area (Å²) in [7, 11) is -2.85. The van der Waals surface area contributed by atoms with Crippen LogP contribution in [-0.2, 0) is 24.4 Å². The lowest BCUT2D eigenvalue weighted by atomic mass is 9.98. The summed E-state index contributed by atoms with van der Waals surface area (Å²) < 4.78 is 41.3. The van der Waals surface area contributed by atoms with Gasteiger partial charge in [0.05, 0.1) is 13.0 Å². The minimum Gasteiger partial charge on any atom is -0.468 e. The first-order valence-corrected chi connectivity index (χ1v) is 14.5. The number of esters is 1. The molecule has 0 saturated heterocycles. The third kappa shape index (κ3) is 6.10. The van der Waals surface area contributed by atoms with E-state index in [4.69, 9.17) is 13.7 Å². The zero-order chi connectivity index (χ0) is 29.0. The number of fused-ring (bicyclic) bond motifs is 3. The molecule has 1 atom stereocenters. The molecule has 0 saturated carbocycles. The predicted octanol–water partition coefficient (Wildman–Crippen LogP) is 5.56. The molecule has 5 rings (SSSR count). The first-order valence-electron chi connectivity index (χ1n) is 13.0. The van der Waals surface area contributed by atoms with E-state index in [-0.39, 0.29) is 29.7 Å². The van der Waals surface area contributed by atoms with Crippen molar-refractivity contribution < 1.29 is 31.7 Å². The standard InChI is InChI=1S/C32H29NO7S/c1-21-14-16-24(17-15-21)41(36,37)40-23-9-7-8-22(18-23)29(31(34)38-2)19-33-32(35)39-20-30-27-12-5-3-10-25(27)26-11-4-6-13-28(26)30/h3-18,29-30H,19-20H2,1-2H3,(H,33,35). The summed E-state index contributed by atoms with van der Waals surface area (Å²) in [6.07, 6.45) is -0.685. The van der Waals surface area contributed by atoms with Crippen LogP contribution in [0.3, 0.4) is 0 Å². The normalized spacial score (nSPS) is 13.0. The van der Waals surface area contributed by atoms with Crippen LogP contribution in [0.5, 0.6) is 5.75 Å². The first-order chi connectivity index (χ1) is 19.8. The highest BCUT2D eigenvalue weighted by Gasteiger charge is 2.29. The molecule has 0 heterocycles. The second-order valence-electron chi connectivity index (χ2n) is 9.71. The van der Waals surface area contributed by atoms with E-state index in [1.54, 1.807) is 24.3 Å². The molecule has 0 fully saturated rings. The summed E-state index contributed by atoms with van der Waals surface area (Å²) in [5, 5.41) is 2.65. The molecule has 0 radical (unpaired) electrons. The van der Waals surface area contributed by atoms with Crippen molar-refractivity contribution in [2.45, 2.75) is 23.7 Å². The molecule has 1 unspecified atom stereocenters. The Morgan fingerprint density at radius 3 is 2.12 bits per heavy atom. The Hall–Kier alpha value is -4.63. The minimum absolute atomic E-state index is 0.00921. The largest absolute Gasteiger partial charge is 0.468 e. The summed E-state index contributed by atoms with van der Waals surface area (Å²) >= 11 is 0. The molecular weight excluding hydrogens is 542 g/mol. The van der Waals surface area contributed by atoms with Gasteiger partial charge in [0.25, 0.3) is 0 Å². The first kappa shape index (κ1) is 27.9. The van der Waals surface area contributed by atoms with Crippen LogP contribution in [0.15, 0.2) is 102 Å². The fraction of sp³-hybridized carbons (Fsp3) is 0.188. The number of hydrogen-bond donors (Lipinski definition) is 1. The van der Waals surface area contributed by atoms with Crippen molar-refractivity contribution in [2.24, 2.45) is 0 Å². The van der Waals surface area contributed by atoms with Gasteiger partial charge in [0.15, 0.2) is 0 Å². The number of ether oxygens (including phenoxy) is 2. The number of carbonyl (C=O) groups excluding carboxylic acids is 2. The smallest absolute Gasteiger partial charge is 0.407 e. The third-order valence-corrected chi connectivity index (χ3v) is 8.32. The van der Waals surface area contributed by atoms with E-state index in [2.05, 4.69) is 17.4 Å². The summed E-state index contributed by atoms with van der Waals surface area (Å²) in [5.41, 5.74) is 5.74. The Bertz CT molecular complexity index is 1640. The van der Waals surface area contributed by atoms with Gasteiger partial charge in [-0.1, -0.05) is 78.4 Å². The molecule has 0 aliphatic heterocycles. The van der Waals surface area contributed by atoms with Gasteiger partial charge in [-0.2, -0.15) is 8.42 Å². The summed E-state index contributed by atoms with van der Waals surface area (Å²) in [4.78, 5) is 25.4. The van der Waals surface area contributed by atoms with Gasteiger partial charge in [0.2, 0.25) is 0 Å². The SMILES string of the molecule is COC(=O)C(CNC(=O)OCC1c2ccccc2-c2ccccc21)c1cccc(OS(=O)(=O)c2ccc(C)cc2)c1. The molecule has 1 aliphatic carbocycles. The molecule has 210 valence electrons. The number of amides is 1. The molecule has 1 amide bonds. The number of alkyl carbamates (subject to hydrolysis) is 1. The second kappa shape index (κ2) is 11.9. The molecule has 4 aromatic carbocycles. The lowest BCUT2D eigenvalue weighted by molar-refractivity contribution is -0.142. The van der Waals surface area contributed by atoms with Gasteiger partial charge in [-0.15, -0.1) is 0 Å². The number of benzene rings is 4. The van der Waals surface area contributed by atoms with E-state index in [0.717, 1.165) is 27.8 Å². The van der Waals surface area contributed by atoms with E-state index in [9.17, 15) is 18.0 Å². The van der Waals surface area contributed by atoms with Crippen LogP contribution in [-0.4, -0.2) is 40.7 Å². The topological polar surface area (TPSA) is 108 Å². The van der Waals surface area contributed by atoms with Crippen molar-refractivity contribution in [3.63, 3.8) is 0 Å². The van der Waals surface area contributed by atoms with E-state index in [1.807, 2.05) is 43.3 Å². The average molecular weight is 572 g/mol. The number of rotatable bonds is 9. The Morgan fingerprint density at radius 1 is 0.854 bits per heavy atom. The zero-order valence-corrected chi connectivity index (χ0v) is 23.4. The lowest BCUT2D eigenvalue weighted by Crippen LogP contribution is -2.33. The zero-order valence-electron chi connectivity index (χ0n) is 22.6. The highest BCUT2D eigenvalue weighted by atomic mass is 32.2. The van der Waals surface area contributed by atoms with Gasteiger partial charge >= 0.3 is 22.2 Å². The monoisotopic (exact) mass is 571 g/mol. The lowest BCUT2D eigenvalue weighted by Gasteiger charge is -2.18. The maximum atomic E-state index is 12.7. The summed E-state index contributed by atoms with van der Waals surface area (Å²) in [5.74, 6) is -1.61. The minimum atomic E-state index is -4.09. The molecule has 0 spiro atoms. The van der Waals surface area contributed by atoms with Gasteiger partial charge < -0.3 is 19.0 Å². The summed E-state index contributed by atoms with van der Waals surface area (Å²) in [6, 6.07) is 28.4. The molecule has 0 bridgehead atoms. The van der Waals surface area contributed by atoms with Crippen molar-refractivity contribution in [1.82, 2.24) is 5.32 Å². The molecule has 4 aromatic rings. The van der Waals surface area contributed by atoms with E-state index < -0.39 is 28.1 Å².